The lowest BCUT2D eigenvalue weighted by molar-refractivity contribution is 0.818. The van der Waals surface area contributed by atoms with Gasteiger partial charge >= 0.3 is 0 Å². The molecule has 2 aliphatic rings. The number of imidazole rings is 2. The first kappa shape index (κ1) is 14.1. The fraction of sp³-hybridized carbons (Fsp3) is 0.0909. The molecular weight excluding hydrogens is 384 g/mol. The van der Waals surface area contributed by atoms with E-state index < -0.39 is 0 Å². The SMILES string of the molecule is c1cc2c(nc3n2Cc2ccc4c5c(ccc-3c25)Cn2c-4nc3sccc32)s1. The molecule has 6 heteroatoms. The molecule has 0 N–H and O–H groups in total. The summed E-state index contributed by atoms with van der Waals surface area (Å²) in [7, 11) is 0. The molecule has 0 amide bonds. The van der Waals surface area contributed by atoms with Gasteiger partial charge in [0.25, 0.3) is 0 Å². The average molecular weight is 397 g/mol. The molecular formula is C22H12N4S2. The van der Waals surface area contributed by atoms with E-state index in [1.54, 1.807) is 22.7 Å². The number of hydrogen-bond donors (Lipinski definition) is 0. The largest absolute Gasteiger partial charge is 0.319 e. The fourth-order valence-electron chi connectivity index (χ4n) is 5.05. The quantitative estimate of drug-likeness (QED) is 0.329. The summed E-state index contributed by atoms with van der Waals surface area (Å²) in [5, 5.41) is 7.01. The monoisotopic (exact) mass is 396 g/mol. The summed E-state index contributed by atoms with van der Waals surface area (Å²) in [6, 6.07) is 13.5. The van der Waals surface area contributed by atoms with Crippen LogP contribution >= 0.6 is 22.7 Å². The lowest BCUT2D eigenvalue weighted by Gasteiger charge is -2.26. The summed E-state index contributed by atoms with van der Waals surface area (Å²) in [6.07, 6.45) is 0. The zero-order chi connectivity index (χ0) is 18.0. The van der Waals surface area contributed by atoms with Crippen LogP contribution in [-0.2, 0) is 13.1 Å². The van der Waals surface area contributed by atoms with Crippen LogP contribution in [0.1, 0.15) is 11.1 Å². The topological polar surface area (TPSA) is 35.6 Å². The van der Waals surface area contributed by atoms with Crippen molar-refractivity contribution in [2.45, 2.75) is 13.1 Å². The van der Waals surface area contributed by atoms with E-state index in [4.69, 9.17) is 9.97 Å². The minimum Gasteiger partial charge on any atom is -0.319 e. The second-order valence-corrected chi connectivity index (χ2v) is 9.35. The summed E-state index contributed by atoms with van der Waals surface area (Å²) in [5.74, 6) is 2.21. The molecule has 132 valence electrons. The van der Waals surface area contributed by atoms with Crippen molar-refractivity contribution < 1.29 is 0 Å². The van der Waals surface area contributed by atoms with E-state index in [9.17, 15) is 0 Å². The number of nitrogens with zero attached hydrogens (tertiary/aromatic N) is 4. The van der Waals surface area contributed by atoms with Gasteiger partial charge in [0.1, 0.15) is 21.3 Å². The van der Waals surface area contributed by atoms with E-state index in [1.807, 2.05) is 0 Å². The predicted octanol–water partition coefficient (Wildman–Crippen LogP) is 5.72. The smallest absolute Gasteiger partial charge is 0.143 e. The van der Waals surface area contributed by atoms with Gasteiger partial charge in [-0.3, -0.25) is 0 Å². The maximum atomic E-state index is 4.97. The molecule has 2 aliphatic heterocycles. The Labute approximate surface area is 167 Å². The lowest BCUT2D eigenvalue weighted by atomic mass is 9.88. The van der Waals surface area contributed by atoms with Crippen molar-refractivity contribution in [1.29, 1.82) is 0 Å². The molecule has 4 aromatic heterocycles. The highest BCUT2D eigenvalue weighted by molar-refractivity contribution is 7.17. The van der Waals surface area contributed by atoms with E-state index >= 15 is 0 Å². The van der Waals surface area contributed by atoms with E-state index in [0.29, 0.717) is 0 Å². The predicted molar refractivity (Wildman–Crippen MR) is 115 cm³/mol. The molecule has 0 bridgehead atoms. The zero-order valence-corrected chi connectivity index (χ0v) is 16.3. The number of aromatic nitrogens is 4. The number of hydrogen-bond acceptors (Lipinski definition) is 4. The van der Waals surface area contributed by atoms with Gasteiger partial charge < -0.3 is 9.13 Å². The molecule has 0 aliphatic carbocycles. The van der Waals surface area contributed by atoms with Crippen LogP contribution in [0.4, 0.5) is 0 Å². The number of rotatable bonds is 0. The van der Waals surface area contributed by atoms with Crippen LogP contribution in [0.15, 0.2) is 47.2 Å². The van der Waals surface area contributed by atoms with Crippen molar-refractivity contribution >= 4 is 54.1 Å². The Balaban J connectivity index is 1.53. The van der Waals surface area contributed by atoms with Crippen molar-refractivity contribution in [1.82, 2.24) is 19.1 Å². The Hall–Kier alpha value is -2.96. The molecule has 0 saturated heterocycles. The van der Waals surface area contributed by atoms with Crippen molar-refractivity contribution in [2.24, 2.45) is 0 Å². The molecule has 0 radical (unpaired) electrons. The standard InChI is InChI=1S/C22H12N4S2/c1-3-13-18-12(10-26-16-6-8-28-22(16)23-19(13)26)2-4-14-17(18)11(1)9-25-15-5-7-27-21(15)24-20(14)25/h1-8H,9-10H2. The lowest BCUT2D eigenvalue weighted by Crippen LogP contribution is -2.13. The Morgan fingerprint density at radius 3 is 1.64 bits per heavy atom. The van der Waals surface area contributed by atoms with Crippen molar-refractivity contribution in [3.05, 3.63) is 58.3 Å². The molecule has 2 aromatic carbocycles. The second kappa shape index (κ2) is 4.54. The second-order valence-electron chi connectivity index (χ2n) is 7.56. The van der Waals surface area contributed by atoms with Crippen LogP contribution in [0, 0.1) is 0 Å². The van der Waals surface area contributed by atoms with Gasteiger partial charge in [-0.1, -0.05) is 24.3 Å². The molecule has 6 aromatic rings. The molecule has 0 spiro atoms. The first-order chi connectivity index (χ1) is 13.9. The highest BCUT2D eigenvalue weighted by Gasteiger charge is 2.29. The summed E-state index contributed by atoms with van der Waals surface area (Å²) in [5.41, 5.74) is 7.77. The van der Waals surface area contributed by atoms with Gasteiger partial charge in [0.2, 0.25) is 0 Å². The first-order valence-electron chi connectivity index (χ1n) is 9.32. The van der Waals surface area contributed by atoms with Crippen molar-refractivity contribution in [3.8, 4) is 22.8 Å². The van der Waals surface area contributed by atoms with E-state index in [-0.39, 0.29) is 0 Å². The minimum atomic E-state index is 0.888. The molecule has 0 saturated carbocycles. The van der Waals surface area contributed by atoms with Crippen molar-refractivity contribution in [2.75, 3.05) is 0 Å². The van der Waals surface area contributed by atoms with Crippen LogP contribution in [0.3, 0.4) is 0 Å². The maximum Gasteiger partial charge on any atom is 0.143 e. The summed E-state index contributed by atoms with van der Waals surface area (Å²) in [6.45, 7) is 1.78. The van der Waals surface area contributed by atoms with Crippen LogP contribution in [0.2, 0.25) is 0 Å². The number of benzene rings is 2. The summed E-state index contributed by atoms with van der Waals surface area (Å²) >= 11 is 3.44. The van der Waals surface area contributed by atoms with Gasteiger partial charge in [0, 0.05) is 11.1 Å². The number of thiophene rings is 2. The van der Waals surface area contributed by atoms with Crippen LogP contribution in [-0.4, -0.2) is 19.1 Å². The Bertz CT molecular complexity index is 1500. The third-order valence-corrected chi connectivity index (χ3v) is 7.82. The third kappa shape index (κ3) is 1.48. The Kier molecular flexibility index (Phi) is 2.28. The molecule has 28 heavy (non-hydrogen) atoms. The molecule has 0 fully saturated rings. The number of fused-ring (bicyclic) bond motifs is 8. The van der Waals surface area contributed by atoms with E-state index in [1.165, 1.54) is 44.1 Å². The highest BCUT2D eigenvalue weighted by atomic mass is 32.1. The van der Waals surface area contributed by atoms with Gasteiger partial charge in [-0.2, -0.15) is 0 Å². The summed E-state index contributed by atoms with van der Waals surface area (Å²) in [4.78, 5) is 12.2. The molecule has 8 rings (SSSR count). The van der Waals surface area contributed by atoms with Gasteiger partial charge in [0.05, 0.1) is 24.1 Å². The first-order valence-corrected chi connectivity index (χ1v) is 11.1. The van der Waals surface area contributed by atoms with E-state index in [0.717, 1.165) is 34.4 Å². The molecule has 4 nitrogen and oxygen atoms in total. The maximum absolute atomic E-state index is 4.97. The minimum absolute atomic E-state index is 0.888. The zero-order valence-electron chi connectivity index (χ0n) is 14.6. The van der Waals surface area contributed by atoms with Gasteiger partial charge in [0.15, 0.2) is 0 Å². The van der Waals surface area contributed by atoms with Crippen LogP contribution in [0.25, 0.3) is 54.2 Å². The normalized spacial score (nSPS) is 14.1. The van der Waals surface area contributed by atoms with Gasteiger partial charge in [-0.25, -0.2) is 9.97 Å². The highest BCUT2D eigenvalue weighted by Crippen LogP contribution is 2.46. The van der Waals surface area contributed by atoms with Crippen LogP contribution < -0.4 is 0 Å². The Morgan fingerprint density at radius 1 is 0.643 bits per heavy atom. The van der Waals surface area contributed by atoms with Gasteiger partial charge in [-0.05, 0) is 44.8 Å². The average Bonchev–Trinajstić information content (AvgIpc) is 3.46. The van der Waals surface area contributed by atoms with Crippen molar-refractivity contribution in [3.63, 3.8) is 0 Å². The van der Waals surface area contributed by atoms with Crippen LogP contribution in [0.5, 0.6) is 0 Å². The van der Waals surface area contributed by atoms with E-state index in [2.05, 4.69) is 56.3 Å². The Morgan fingerprint density at radius 2 is 1.14 bits per heavy atom. The third-order valence-electron chi connectivity index (χ3n) is 6.23. The summed E-state index contributed by atoms with van der Waals surface area (Å²) < 4.78 is 4.73. The molecule has 0 atom stereocenters. The molecule has 0 unspecified atom stereocenters. The van der Waals surface area contributed by atoms with Gasteiger partial charge in [-0.15, -0.1) is 22.7 Å². The fourth-order valence-corrected chi connectivity index (χ4v) is 6.58. The molecule has 6 heterocycles.